The number of carboxylic acids is 1. The normalized spacial score (nSPS) is 20.6. The van der Waals surface area contributed by atoms with Gasteiger partial charge >= 0.3 is 12.0 Å². The van der Waals surface area contributed by atoms with Crippen LogP contribution in [0.15, 0.2) is 0 Å². The first kappa shape index (κ1) is 15.8. The van der Waals surface area contributed by atoms with Gasteiger partial charge in [-0.05, 0) is 30.6 Å². The van der Waals surface area contributed by atoms with Gasteiger partial charge in [-0.25, -0.2) is 4.79 Å². The molecule has 0 saturated carbocycles. The highest BCUT2D eigenvalue weighted by Crippen LogP contribution is 2.21. The van der Waals surface area contributed by atoms with Crippen LogP contribution in [-0.2, 0) is 4.79 Å². The number of aliphatic carboxylic acids is 1. The Balaban J connectivity index is 2.26. The summed E-state index contributed by atoms with van der Waals surface area (Å²) in [5.74, 6) is 0.606. The van der Waals surface area contributed by atoms with Crippen LogP contribution in [0.4, 0.5) is 4.79 Å². The molecule has 1 fully saturated rings. The first-order valence-electron chi connectivity index (χ1n) is 7.14. The number of amides is 2. The molecule has 1 aliphatic heterocycles. The molecule has 2 amide bonds. The third-order valence-corrected chi connectivity index (χ3v) is 4.05. The molecule has 0 aromatic carbocycles. The monoisotopic (exact) mass is 270 g/mol. The first-order valence-corrected chi connectivity index (χ1v) is 7.14. The number of nitrogens with zero attached hydrogens (tertiary/aromatic N) is 1. The van der Waals surface area contributed by atoms with E-state index < -0.39 is 5.97 Å². The average Bonchev–Trinajstić information content (AvgIpc) is 2.81. The summed E-state index contributed by atoms with van der Waals surface area (Å²) in [6, 6.07) is -0.00896. The predicted octanol–water partition coefficient (Wildman–Crippen LogP) is 2.17. The van der Waals surface area contributed by atoms with Gasteiger partial charge in [0.05, 0.1) is 0 Å². The molecule has 19 heavy (non-hydrogen) atoms. The first-order chi connectivity index (χ1) is 8.90. The molecule has 0 aromatic heterocycles. The minimum Gasteiger partial charge on any atom is -0.481 e. The van der Waals surface area contributed by atoms with E-state index in [1.807, 2.05) is 0 Å². The van der Waals surface area contributed by atoms with Gasteiger partial charge in [0.25, 0.3) is 0 Å². The van der Waals surface area contributed by atoms with Crippen molar-refractivity contribution in [2.75, 3.05) is 19.6 Å². The number of carboxylic acid groups (broad SMARTS) is 1. The maximum Gasteiger partial charge on any atom is 0.317 e. The molecular weight excluding hydrogens is 244 g/mol. The van der Waals surface area contributed by atoms with Crippen molar-refractivity contribution in [2.45, 2.75) is 40.0 Å². The van der Waals surface area contributed by atoms with E-state index in [0.29, 0.717) is 37.3 Å². The Morgan fingerprint density at radius 2 is 2.05 bits per heavy atom. The van der Waals surface area contributed by atoms with Gasteiger partial charge in [-0.1, -0.05) is 20.8 Å². The fourth-order valence-electron chi connectivity index (χ4n) is 2.18. The third-order valence-electron chi connectivity index (χ3n) is 4.05. The summed E-state index contributed by atoms with van der Waals surface area (Å²) < 4.78 is 0. The highest BCUT2D eigenvalue weighted by atomic mass is 16.4. The minimum absolute atomic E-state index is 0.00896. The lowest BCUT2D eigenvalue weighted by Gasteiger charge is -2.21. The molecule has 0 bridgehead atoms. The van der Waals surface area contributed by atoms with Crippen molar-refractivity contribution in [3.63, 3.8) is 0 Å². The SMILES string of the molecule is CC(C)C(C)CNC(=O)N1CCC(CCC(=O)O)C1. The highest BCUT2D eigenvalue weighted by Gasteiger charge is 2.26. The van der Waals surface area contributed by atoms with E-state index in [1.165, 1.54) is 0 Å². The second kappa shape index (κ2) is 7.36. The molecule has 1 heterocycles. The number of urea groups is 1. The van der Waals surface area contributed by atoms with Crippen LogP contribution in [0.1, 0.15) is 40.0 Å². The van der Waals surface area contributed by atoms with Crippen LogP contribution >= 0.6 is 0 Å². The highest BCUT2D eigenvalue weighted by molar-refractivity contribution is 5.74. The Morgan fingerprint density at radius 1 is 1.37 bits per heavy atom. The molecule has 1 aliphatic rings. The number of hydrogen-bond acceptors (Lipinski definition) is 2. The summed E-state index contributed by atoms with van der Waals surface area (Å²) in [6.45, 7) is 8.56. The van der Waals surface area contributed by atoms with Crippen molar-refractivity contribution >= 4 is 12.0 Å². The fourth-order valence-corrected chi connectivity index (χ4v) is 2.18. The molecule has 1 rings (SSSR count). The Labute approximate surface area is 115 Å². The van der Waals surface area contributed by atoms with E-state index in [2.05, 4.69) is 26.1 Å². The standard InChI is InChI=1S/C14H26N2O3/c1-10(2)11(3)8-15-14(19)16-7-6-12(9-16)4-5-13(17)18/h10-12H,4-9H2,1-3H3,(H,15,19)(H,17,18). The zero-order chi connectivity index (χ0) is 14.4. The lowest BCUT2D eigenvalue weighted by Crippen LogP contribution is -2.40. The molecule has 0 spiro atoms. The van der Waals surface area contributed by atoms with E-state index in [0.717, 1.165) is 13.0 Å². The van der Waals surface area contributed by atoms with Gasteiger partial charge in [0.2, 0.25) is 0 Å². The number of carbonyl (C=O) groups is 2. The van der Waals surface area contributed by atoms with Crippen molar-refractivity contribution in [3.05, 3.63) is 0 Å². The quantitative estimate of drug-likeness (QED) is 0.777. The lowest BCUT2D eigenvalue weighted by atomic mass is 9.98. The second-order valence-corrected chi connectivity index (χ2v) is 5.94. The van der Waals surface area contributed by atoms with E-state index in [-0.39, 0.29) is 12.5 Å². The van der Waals surface area contributed by atoms with E-state index in [9.17, 15) is 9.59 Å². The summed E-state index contributed by atoms with van der Waals surface area (Å²) in [6.07, 6.45) is 1.78. The molecule has 2 atom stereocenters. The van der Waals surface area contributed by atoms with Gasteiger partial charge in [-0.2, -0.15) is 0 Å². The van der Waals surface area contributed by atoms with Crippen LogP contribution in [0.25, 0.3) is 0 Å². The Hall–Kier alpha value is -1.26. The number of carbonyl (C=O) groups excluding carboxylic acids is 1. The molecule has 0 radical (unpaired) electrons. The van der Waals surface area contributed by atoms with Crippen LogP contribution in [0.5, 0.6) is 0 Å². The summed E-state index contributed by atoms with van der Waals surface area (Å²) >= 11 is 0. The lowest BCUT2D eigenvalue weighted by molar-refractivity contribution is -0.137. The Morgan fingerprint density at radius 3 is 2.63 bits per heavy atom. The van der Waals surface area contributed by atoms with Crippen LogP contribution in [0.2, 0.25) is 0 Å². The third kappa shape index (κ3) is 5.49. The smallest absolute Gasteiger partial charge is 0.317 e. The number of hydrogen-bond donors (Lipinski definition) is 2. The topological polar surface area (TPSA) is 69.6 Å². The van der Waals surface area contributed by atoms with Crippen molar-refractivity contribution < 1.29 is 14.7 Å². The molecule has 5 nitrogen and oxygen atoms in total. The van der Waals surface area contributed by atoms with Crippen LogP contribution in [0, 0.1) is 17.8 Å². The molecule has 5 heteroatoms. The zero-order valence-corrected chi connectivity index (χ0v) is 12.2. The van der Waals surface area contributed by atoms with Crippen molar-refractivity contribution in [1.29, 1.82) is 0 Å². The van der Waals surface area contributed by atoms with E-state index in [1.54, 1.807) is 4.90 Å². The van der Waals surface area contributed by atoms with Gasteiger partial charge in [0, 0.05) is 26.1 Å². The maximum atomic E-state index is 12.0. The maximum absolute atomic E-state index is 12.0. The van der Waals surface area contributed by atoms with Gasteiger partial charge < -0.3 is 15.3 Å². The van der Waals surface area contributed by atoms with Crippen LogP contribution in [0.3, 0.4) is 0 Å². The van der Waals surface area contributed by atoms with Crippen molar-refractivity contribution in [2.24, 2.45) is 17.8 Å². The molecule has 110 valence electrons. The average molecular weight is 270 g/mol. The molecule has 0 aliphatic carbocycles. The predicted molar refractivity (Wildman–Crippen MR) is 74.0 cm³/mol. The van der Waals surface area contributed by atoms with Crippen LogP contribution < -0.4 is 5.32 Å². The van der Waals surface area contributed by atoms with Gasteiger partial charge in [-0.3, -0.25) is 4.79 Å². The zero-order valence-electron chi connectivity index (χ0n) is 12.2. The summed E-state index contributed by atoms with van der Waals surface area (Å²) in [7, 11) is 0. The largest absolute Gasteiger partial charge is 0.481 e. The number of rotatable bonds is 6. The molecule has 2 N–H and O–H groups in total. The number of nitrogens with one attached hydrogen (secondary N) is 1. The molecular formula is C14H26N2O3. The van der Waals surface area contributed by atoms with Gasteiger partial charge in [-0.15, -0.1) is 0 Å². The Kier molecular flexibility index (Phi) is 6.12. The van der Waals surface area contributed by atoms with Gasteiger partial charge in [0.15, 0.2) is 0 Å². The summed E-state index contributed by atoms with van der Waals surface area (Å²) in [5.41, 5.74) is 0. The molecule has 2 unspecified atom stereocenters. The summed E-state index contributed by atoms with van der Waals surface area (Å²) in [4.78, 5) is 24.3. The second-order valence-electron chi connectivity index (χ2n) is 5.94. The fraction of sp³-hybridized carbons (Fsp3) is 0.857. The summed E-state index contributed by atoms with van der Waals surface area (Å²) in [5, 5.41) is 11.6. The Bertz CT molecular complexity index is 318. The van der Waals surface area contributed by atoms with Crippen LogP contribution in [-0.4, -0.2) is 41.6 Å². The minimum atomic E-state index is -0.756. The number of likely N-dealkylation sites (tertiary alicyclic amines) is 1. The van der Waals surface area contributed by atoms with Crippen molar-refractivity contribution in [1.82, 2.24) is 10.2 Å². The van der Waals surface area contributed by atoms with Crippen molar-refractivity contribution in [3.8, 4) is 0 Å². The molecule has 1 saturated heterocycles. The van der Waals surface area contributed by atoms with Gasteiger partial charge in [0.1, 0.15) is 0 Å². The van der Waals surface area contributed by atoms with E-state index in [4.69, 9.17) is 5.11 Å². The van der Waals surface area contributed by atoms with E-state index >= 15 is 0 Å². The molecule has 0 aromatic rings.